The average Bonchev–Trinajstić information content (AvgIpc) is 2.21. The van der Waals surface area contributed by atoms with E-state index in [1.165, 1.54) is 32.1 Å². The van der Waals surface area contributed by atoms with Crippen molar-refractivity contribution in [1.82, 2.24) is 0 Å². The minimum Gasteiger partial charge on any atom is -0.328 e. The van der Waals surface area contributed by atoms with Gasteiger partial charge in [0.05, 0.1) is 0 Å². The summed E-state index contributed by atoms with van der Waals surface area (Å²) in [6.45, 7) is 3.72. The molecule has 0 bridgehead atoms. The second kappa shape index (κ2) is 9.18. The molecule has 1 nitrogen and oxygen atoms in total. The van der Waals surface area contributed by atoms with Crippen LogP contribution in [0.15, 0.2) is 30.3 Å². The van der Waals surface area contributed by atoms with Gasteiger partial charge in [-0.25, -0.2) is 0 Å². The molecule has 0 saturated heterocycles. The fourth-order valence-electron chi connectivity index (χ4n) is 1.61. The van der Waals surface area contributed by atoms with Gasteiger partial charge < -0.3 is 5.73 Å². The Kier molecular flexibility index (Phi) is 9.14. The molecule has 0 aliphatic heterocycles. The Morgan fingerprint density at radius 2 is 1.53 bits per heavy atom. The molecule has 0 radical (unpaired) electrons. The third-order valence-corrected chi connectivity index (χ3v) is 2.49. The quantitative estimate of drug-likeness (QED) is 0.726. The monoisotopic (exact) mass is 280 g/mol. The van der Waals surface area contributed by atoms with Crippen LogP contribution in [0.1, 0.15) is 37.7 Å². The Morgan fingerprint density at radius 3 is 1.80 bits per heavy atom. The van der Waals surface area contributed by atoms with Crippen LogP contribution in [0, 0.1) is 6.92 Å². The zero-order valence-electron chi connectivity index (χ0n) is 9.28. The Balaban J connectivity index is 0.000000245. The van der Waals surface area contributed by atoms with Crippen LogP contribution in [-0.4, -0.2) is 6.04 Å². The van der Waals surface area contributed by atoms with E-state index in [9.17, 15) is 0 Å². The van der Waals surface area contributed by atoms with E-state index in [1.807, 2.05) is 30.3 Å². The first-order valence-corrected chi connectivity index (χ1v) is 5.41. The molecule has 1 aromatic rings. The van der Waals surface area contributed by atoms with Gasteiger partial charge in [0.2, 0.25) is 0 Å². The Labute approximate surface area is 113 Å². The molecule has 1 aliphatic carbocycles. The zero-order valence-corrected chi connectivity index (χ0v) is 11.7. The van der Waals surface area contributed by atoms with Crippen molar-refractivity contribution in [3.63, 3.8) is 0 Å². The summed E-state index contributed by atoms with van der Waals surface area (Å²) in [6, 6.07) is 10.4. The molecule has 1 fully saturated rings. The zero-order chi connectivity index (χ0) is 10.2. The van der Waals surface area contributed by atoms with Crippen molar-refractivity contribution in [2.75, 3.05) is 0 Å². The van der Waals surface area contributed by atoms with Crippen molar-refractivity contribution < 1.29 is 26.2 Å². The third kappa shape index (κ3) is 7.82. The molecule has 1 saturated carbocycles. The van der Waals surface area contributed by atoms with E-state index in [4.69, 9.17) is 5.73 Å². The molecule has 0 aromatic heterocycles. The van der Waals surface area contributed by atoms with Crippen molar-refractivity contribution in [3.05, 3.63) is 42.8 Å². The van der Waals surface area contributed by atoms with E-state index in [-0.39, 0.29) is 26.2 Å². The van der Waals surface area contributed by atoms with Crippen LogP contribution in [0.2, 0.25) is 0 Å². The molecule has 15 heavy (non-hydrogen) atoms. The average molecular weight is 282 g/mol. The third-order valence-electron chi connectivity index (χ3n) is 2.49. The molecule has 0 spiro atoms. The van der Waals surface area contributed by atoms with Gasteiger partial charge in [-0.2, -0.15) is 24.6 Å². The van der Waals surface area contributed by atoms with Crippen molar-refractivity contribution in [2.45, 2.75) is 38.1 Å². The maximum absolute atomic E-state index is 5.63. The van der Waals surface area contributed by atoms with E-state index >= 15 is 0 Å². The summed E-state index contributed by atoms with van der Waals surface area (Å²) in [4.78, 5) is 0. The second-order valence-corrected chi connectivity index (χ2v) is 3.88. The normalized spacial score (nSPS) is 15.8. The number of benzene rings is 1. The number of hydrogen-bond acceptors (Lipinski definition) is 1. The van der Waals surface area contributed by atoms with Crippen molar-refractivity contribution >= 4 is 0 Å². The van der Waals surface area contributed by atoms with E-state index in [2.05, 4.69) is 6.92 Å². The van der Waals surface area contributed by atoms with Gasteiger partial charge in [-0.1, -0.05) is 25.3 Å². The standard InChI is InChI=1S/C7H7.C6H13N.Zr/c1-7-5-3-2-4-6-7;7-6-4-2-1-3-5-6;/h2-6H,1H2;6H,1-5,7H2;/q-1;;. The van der Waals surface area contributed by atoms with E-state index in [0.717, 1.165) is 5.56 Å². The molecule has 0 atom stereocenters. The molecule has 0 unspecified atom stereocenters. The van der Waals surface area contributed by atoms with Crippen LogP contribution in [-0.2, 0) is 26.2 Å². The molecule has 1 aliphatic rings. The van der Waals surface area contributed by atoms with Crippen LogP contribution in [0.25, 0.3) is 0 Å². The maximum atomic E-state index is 5.63. The van der Waals surface area contributed by atoms with Gasteiger partial charge in [0.25, 0.3) is 0 Å². The summed E-state index contributed by atoms with van der Waals surface area (Å²) in [5, 5.41) is 0. The summed E-state index contributed by atoms with van der Waals surface area (Å²) in [5.74, 6) is 0. The summed E-state index contributed by atoms with van der Waals surface area (Å²) >= 11 is 0. The molecular formula is C13H20NZr-. The van der Waals surface area contributed by atoms with E-state index in [1.54, 1.807) is 0 Å². The van der Waals surface area contributed by atoms with Gasteiger partial charge in [-0.3, -0.25) is 0 Å². The van der Waals surface area contributed by atoms with Crippen LogP contribution >= 0.6 is 0 Å². The van der Waals surface area contributed by atoms with Crippen molar-refractivity contribution in [1.29, 1.82) is 0 Å². The fourth-order valence-corrected chi connectivity index (χ4v) is 1.61. The molecule has 2 rings (SSSR count). The van der Waals surface area contributed by atoms with E-state index < -0.39 is 0 Å². The molecule has 2 N–H and O–H groups in total. The van der Waals surface area contributed by atoms with Gasteiger partial charge >= 0.3 is 0 Å². The summed E-state index contributed by atoms with van der Waals surface area (Å²) in [7, 11) is 0. The fraction of sp³-hybridized carbons (Fsp3) is 0.462. The van der Waals surface area contributed by atoms with Crippen LogP contribution < -0.4 is 5.73 Å². The summed E-state index contributed by atoms with van der Waals surface area (Å²) in [5.41, 5.74) is 6.71. The van der Waals surface area contributed by atoms with Gasteiger partial charge in [-0.05, 0) is 12.8 Å². The molecule has 0 amide bonds. The maximum Gasteiger partial charge on any atom is 0.00388 e. The predicted octanol–water partition coefficient (Wildman–Crippen LogP) is 3.14. The molecule has 0 heterocycles. The summed E-state index contributed by atoms with van der Waals surface area (Å²) < 4.78 is 0. The minimum absolute atomic E-state index is 0. The SMILES string of the molecule is NC1CCCCC1.[CH2-]c1ccccc1.[Zr]. The van der Waals surface area contributed by atoms with Gasteiger partial charge in [0.15, 0.2) is 0 Å². The first-order valence-electron chi connectivity index (χ1n) is 5.41. The Hall–Kier alpha value is -0.0669. The van der Waals surface area contributed by atoms with Crippen molar-refractivity contribution in [3.8, 4) is 0 Å². The van der Waals surface area contributed by atoms with Crippen LogP contribution in [0.3, 0.4) is 0 Å². The smallest absolute Gasteiger partial charge is 0.00388 e. The Morgan fingerprint density at radius 1 is 1.00 bits per heavy atom. The van der Waals surface area contributed by atoms with Crippen molar-refractivity contribution in [2.24, 2.45) is 5.73 Å². The van der Waals surface area contributed by atoms with Gasteiger partial charge in [0.1, 0.15) is 0 Å². The largest absolute Gasteiger partial charge is 0.328 e. The van der Waals surface area contributed by atoms with Crippen LogP contribution in [0.4, 0.5) is 0 Å². The molecule has 2 heteroatoms. The number of nitrogens with two attached hydrogens (primary N) is 1. The predicted molar refractivity (Wildman–Crippen MR) is 62.0 cm³/mol. The number of rotatable bonds is 0. The second-order valence-electron chi connectivity index (χ2n) is 3.88. The first-order chi connectivity index (χ1) is 6.79. The number of hydrogen-bond donors (Lipinski definition) is 1. The first kappa shape index (κ1) is 14.9. The van der Waals surface area contributed by atoms with Gasteiger partial charge in [0, 0.05) is 32.2 Å². The van der Waals surface area contributed by atoms with E-state index in [0.29, 0.717) is 6.04 Å². The topological polar surface area (TPSA) is 26.0 Å². The summed E-state index contributed by atoms with van der Waals surface area (Å²) in [6.07, 6.45) is 6.66. The molecular weight excluding hydrogens is 261 g/mol. The Bertz CT molecular complexity index is 230. The molecule has 82 valence electrons. The molecule has 1 aromatic carbocycles. The minimum atomic E-state index is 0. The van der Waals surface area contributed by atoms with Crippen LogP contribution in [0.5, 0.6) is 0 Å². The van der Waals surface area contributed by atoms with Gasteiger partial charge in [-0.15, -0.1) is 12.1 Å².